The summed E-state index contributed by atoms with van der Waals surface area (Å²) in [6, 6.07) is 18.2. The average molecular weight is 621 g/mol. The van der Waals surface area contributed by atoms with Crippen LogP contribution in [0.1, 0.15) is 31.2 Å². The van der Waals surface area contributed by atoms with Crippen LogP contribution in [0.25, 0.3) is 10.9 Å². The van der Waals surface area contributed by atoms with Crippen molar-refractivity contribution in [2.24, 2.45) is 17.6 Å². The van der Waals surface area contributed by atoms with Gasteiger partial charge in [0.15, 0.2) is 0 Å². The maximum atomic E-state index is 14.1. The van der Waals surface area contributed by atoms with E-state index in [1.807, 2.05) is 24.3 Å². The van der Waals surface area contributed by atoms with Crippen molar-refractivity contribution in [3.05, 3.63) is 89.6 Å². The van der Waals surface area contributed by atoms with Crippen molar-refractivity contribution < 1.29 is 22.7 Å². The molecule has 6 rings (SSSR count). The molecule has 1 aliphatic heterocycles. The molecule has 1 aromatic heterocycles. The third-order valence-electron chi connectivity index (χ3n) is 8.42. The van der Waals surface area contributed by atoms with Gasteiger partial charge in [0.25, 0.3) is 15.9 Å². The van der Waals surface area contributed by atoms with Gasteiger partial charge < -0.3 is 15.5 Å². The first-order valence-electron chi connectivity index (χ1n) is 14.4. The fourth-order valence-corrected chi connectivity index (χ4v) is 7.94. The molecule has 2 aliphatic rings. The van der Waals surface area contributed by atoms with Gasteiger partial charge in [-0.05, 0) is 91.7 Å². The third-order valence-corrected chi connectivity index (χ3v) is 10.5. The number of benzene rings is 3. The summed E-state index contributed by atoms with van der Waals surface area (Å²) >= 11 is 6.04. The highest BCUT2D eigenvalue weighted by Crippen LogP contribution is 2.35. The number of carbonyl (C=O) groups is 2. The Morgan fingerprint density at radius 2 is 1.72 bits per heavy atom. The Morgan fingerprint density at radius 1 is 0.953 bits per heavy atom. The van der Waals surface area contributed by atoms with Gasteiger partial charge in [0.1, 0.15) is 17.5 Å². The molecule has 0 bridgehead atoms. The van der Waals surface area contributed by atoms with Crippen LogP contribution in [0.4, 0.5) is 4.79 Å². The molecule has 3 aromatic carbocycles. The van der Waals surface area contributed by atoms with Gasteiger partial charge in [0.2, 0.25) is 0 Å². The molecule has 3 N–H and O–H groups in total. The number of hydrogen-bond acceptors (Lipinski definition) is 6. The van der Waals surface area contributed by atoms with E-state index in [0.29, 0.717) is 29.0 Å². The number of urea groups is 1. The van der Waals surface area contributed by atoms with Crippen molar-refractivity contribution >= 4 is 44.5 Å². The van der Waals surface area contributed by atoms with Crippen molar-refractivity contribution in [3.63, 3.8) is 0 Å². The fourth-order valence-electron chi connectivity index (χ4n) is 6.24. The van der Waals surface area contributed by atoms with Crippen LogP contribution in [-0.2, 0) is 21.2 Å². The summed E-state index contributed by atoms with van der Waals surface area (Å²) in [7, 11) is -4.40. The molecular weight excluding hydrogens is 588 g/mol. The third kappa shape index (κ3) is 5.87. The van der Waals surface area contributed by atoms with Crippen LogP contribution >= 0.6 is 11.6 Å². The predicted molar refractivity (Wildman–Crippen MR) is 164 cm³/mol. The quantitative estimate of drug-likeness (QED) is 0.223. The number of imide groups is 1. The topological polar surface area (TPSA) is 126 Å². The zero-order chi connectivity index (χ0) is 30.1. The normalized spacial score (nSPS) is 21.1. The lowest BCUT2D eigenvalue weighted by molar-refractivity contribution is -0.128. The van der Waals surface area contributed by atoms with Crippen LogP contribution in [0, 0.1) is 11.8 Å². The molecule has 4 aromatic rings. The minimum absolute atomic E-state index is 0.0520. The van der Waals surface area contributed by atoms with E-state index in [-0.39, 0.29) is 23.8 Å². The smallest absolute Gasteiger partial charge is 0.341 e. The highest BCUT2D eigenvalue weighted by molar-refractivity contribution is 7.89. The second kappa shape index (κ2) is 12.0. The van der Waals surface area contributed by atoms with E-state index in [1.165, 1.54) is 24.3 Å². The number of rotatable bonds is 9. The molecule has 3 unspecified atom stereocenters. The summed E-state index contributed by atoms with van der Waals surface area (Å²) in [4.78, 5) is 32.0. The standard InChI is InChI=1S/C32H33ClN4O5S/c33-24-7-4-8-26(17-24)42-25-11-13-27(14-12-25)43(40,41)37-30(16-23-19-35-29-10-2-1-9-28(23)29)31(38)36(32(37)39)20-22-6-3-5-21(15-22)18-34/h1-2,4,7-14,17,19,21-22,30,35H,3,5-6,15-16,18,20,34H2. The highest BCUT2D eigenvalue weighted by Gasteiger charge is 2.52. The summed E-state index contributed by atoms with van der Waals surface area (Å²) < 4.78 is 34.8. The molecule has 0 spiro atoms. The molecule has 1 saturated carbocycles. The van der Waals surface area contributed by atoms with Crippen molar-refractivity contribution in [1.82, 2.24) is 14.2 Å². The number of H-pyrrole nitrogens is 1. The molecule has 1 aliphatic carbocycles. The van der Waals surface area contributed by atoms with Gasteiger partial charge >= 0.3 is 6.03 Å². The first kappa shape index (κ1) is 29.2. The number of nitrogens with zero attached hydrogens (tertiary/aromatic N) is 2. The molecule has 43 heavy (non-hydrogen) atoms. The Labute approximate surface area is 255 Å². The molecule has 2 heterocycles. The van der Waals surface area contributed by atoms with Gasteiger partial charge in [-0.2, -0.15) is 0 Å². The van der Waals surface area contributed by atoms with Crippen LogP contribution < -0.4 is 10.5 Å². The lowest BCUT2D eigenvalue weighted by Crippen LogP contribution is -2.41. The molecule has 9 nitrogen and oxygen atoms in total. The number of nitrogens with one attached hydrogen (secondary N) is 1. The number of aromatic nitrogens is 1. The summed E-state index contributed by atoms with van der Waals surface area (Å²) in [6.07, 6.45) is 5.48. The zero-order valence-electron chi connectivity index (χ0n) is 23.5. The summed E-state index contributed by atoms with van der Waals surface area (Å²) in [5, 5.41) is 1.38. The highest BCUT2D eigenvalue weighted by atomic mass is 35.5. The number of halogens is 1. The van der Waals surface area contributed by atoms with E-state index >= 15 is 0 Å². The molecule has 224 valence electrons. The molecule has 2 fully saturated rings. The number of ether oxygens (including phenoxy) is 1. The average Bonchev–Trinajstić information content (AvgIpc) is 3.52. The van der Waals surface area contributed by atoms with Crippen molar-refractivity contribution in [3.8, 4) is 11.5 Å². The number of amides is 3. The van der Waals surface area contributed by atoms with E-state index in [1.54, 1.807) is 30.5 Å². The van der Waals surface area contributed by atoms with E-state index in [2.05, 4.69) is 4.98 Å². The van der Waals surface area contributed by atoms with E-state index in [9.17, 15) is 18.0 Å². The first-order valence-corrected chi connectivity index (χ1v) is 16.2. The van der Waals surface area contributed by atoms with E-state index in [0.717, 1.165) is 51.4 Å². The molecule has 0 radical (unpaired) electrons. The monoisotopic (exact) mass is 620 g/mol. The Hall–Kier alpha value is -3.86. The maximum Gasteiger partial charge on any atom is 0.341 e. The number of fused-ring (bicyclic) bond motifs is 1. The molecule has 11 heteroatoms. The largest absolute Gasteiger partial charge is 0.457 e. The number of aromatic amines is 1. The SMILES string of the molecule is NCC1CCCC(CN2C(=O)C(Cc3c[nH]c4ccccc34)N(S(=O)(=O)c3ccc(Oc4cccc(Cl)c4)cc3)C2=O)C1. The van der Waals surface area contributed by atoms with Crippen molar-refractivity contribution in [1.29, 1.82) is 0 Å². The van der Waals surface area contributed by atoms with Gasteiger partial charge in [-0.25, -0.2) is 17.5 Å². The second-order valence-corrected chi connectivity index (χ2v) is 13.5. The molecule has 3 amide bonds. The number of carbonyl (C=O) groups excluding carboxylic acids is 2. The molecule has 1 saturated heterocycles. The summed E-state index contributed by atoms with van der Waals surface area (Å²) in [5.41, 5.74) is 7.55. The van der Waals surface area contributed by atoms with Gasteiger partial charge in [-0.1, -0.05) is 42.3 Å². The maximum absolute atomic E-state index is 14.1. The molecule has 3 atom stereocenters. The number of hydrogen-bond donors (Lipinski definition) is 2. The molecular formula is C32H33ClN4O5S. The van der Waals surface area contributed by atoms with Crippen molar-refractivity contribution in [2.75, 3.05) is 13.1 Å². The Kier molecular flexibility index (Phi) is 8.17. The first-order chi connectivity index (χ1) is 20.7. The predicted octanol–water partition coefficient (Wildman–Crippen LogP) is 5.94. The number of nitrogens with two attached hydrogens (primary N) is 1. The van der Waals surface area contributed by atoms with Gasteiger partial charge in [0, 0.05) is 35.1 Å². The van der Waals surface area contributed by atoms with Gasteiger partial charge in [-0.3, -0.25) is 9.69 Å². The van der Waals surface area contributed by atoms with Crippen LogP contribution in [0.2, 0.25) is 5.02 Å². The lowest BCUT2D eigenvalue weighted by atomic mass is 9.81. The summed E-state index contributed by atoms with van der Waals surface area (Å²) in [5.74, 6) is 0.802. The van der Waals surface area contributed by atoms with Crippen molar-refractivity contribution in [2.45, 2.75) is 43.0 Å². The Morgan fingerprint density at radius 3 is 2.49 bits per heavy atom. The van der Waals surface area contributed by atoms with E-state index in [4.69, 9.17) is 22.1 Å². The van der Waals surface area contributed by atoms with Gasteiger partial charge in [0.05, 0.1) is 4.90 Å². The Balaban J connectivity index is 1.31. The van der Waals surface area contributed by atoms with Gasteiger partial charge in [-0.15, -0.1) is 0 Å². The zero-order valence-corrected chi connectivity index (χ0v) is 25.1. The minimum Gasteiger partial charge on any atom is -0.457 e. The Bertz CT molecular complexity index is 1760. The number of sulfonamides is 1. The van der Waals surface area contributed by atoms with Crippen LogP contribution in [-0.4, -0.2) is 53.7 Å². The fraction of sp³-hybridized carbons (Fsp3) is 0.312. The number of para-hydroxylation sites is 1. The second-order valence-electron chi connectivity index (χ2n) is 11.3. The van der Waals surface area contributed by atoms with Crippen LogP contribution in [0.15, 0.2) is 83.9 Å². The minimum atomic E-state index is -4.40. The van der Waals surface area contributed by atoms with E-state index < -0.39 is 28.0 Å². The van der Waals surface area contributed by atoms with Crippen LogP contribution in [0.3, 0.4) is 0 Å². The van der Waals surface area contributed by atoms with Crippen LogP contribution in [0.5, 0.6) is 11.5 Å². The summed E-state index contributed by atoms with van der Waals surface area (Å²) in [6.45, 7) is 0.732. The lowest BCUT2D eigenvalue weighted by Gasteiger charge is -2.30.